The number of anilines is 3. The van der Waals surface area contributed by atoms with E-state index in [2.05, 4.69) is 228 Å². The van der Waals surface area contributed by atoms with Gasteiger partial charge < -0.3 is 9.47 Å². The zero-order chi connectivity index (χ0) is 40.5. The van der Waals surface area contributed by atoms with E-state index in [-0.39, 0.29) is 0 Å². The van der Waals surface area contributed by atoms with E-state index in [0.29, 0.717) is 0 Å². The lowest BCUT2D eigenvalue weighted by Crippen LogP contribution is -2.32. The predicted molar refractivity (Wildman–Crippen MR) is 262 cm³/mol. The summed E-state index contributed by atoms with van der Waals surface area (Å²) in [5.41, 5.74) is 17.0. The Morgan fingerprint density at radius 1 is 0.355 bits per heavy atom. The van der Waals surface area contributed by atoms with Gasteiger partial charge in [-0.3, -0.25) is 0 Å². The molecule has 0 saturated heterocycles. The van der Waals surface area contributed by atoms with Crippen molar-refractivity contribution in [1.82, 2.24) is 4.57 Å². The van der Waals surface area contributed by atoms with Gasteiger partial charge in [0.2, 0.25) is 0 Å². The Bertz CT molecular complexity index is 3780. The quantitative estimate of drug-likeness (QED) is 0.172. The van der Waals surface area contributed by atoms with Crippen molar-refractivity contribution >= 4 is 81.1 Å². The van der Waals surface area contributed by atoms with Crippen molar-refractivity contribution in [3.05, 3.63) is 241 Å². The molecular weight excluding hydrogens is 769 g/mol. The molecule has 2 heterocycles. The van der Waals surface area contributed by atoms with Crippen LogP contribution in [0.1, 0.15) is 22.3 Å². The van der Waals surface area contributed by atoms with Crippen LogP contribution < -0.4 is 4.90 Å². The van der Waals surface area contributed by atoms with Crippen LogP contribution in [0.25, 0.3) is 80.7 Å². The average molecular weight is 805 g/mol. The van der Waals surface area contributed by atoms with E-state index in [1.807, 2.05) is 11.3 Å². The fourth-order valence-corrected chi connectivity index (χ4v) is 12.5. The lowest BCUT2D eigenvalue weighted by Gasteiger charge is -2.40. The molecule has 10 aromatic carbocycles. The van der Waals surface area contributed by atoms with E-state index in [4.69, 9.17) is 0 Å². The number of thiophene rings is 1. The SMILES string of the molecule is c1ccc(N(c2ccc3c(c2)C2(c4ccccc4-c4ccccc42)c2cccc4cccc-3c24)c2ccc3c4ccccc4n(-c4cccc5sc6ccccc6c45)c3c2)cc1. The van der Waals surface area contributed by atoms with Gasteiger partial charge in [0.05, 0.1) is 22.1 Å². The highest BCUT2D eigenvalue weighted by Gasteiger charge is 2.50. The van der Waals surface area contributed by atoms with E-state index in [1.54, 1.807) is 0 Å². The summed E-state index contributed by atoms with van der Waals surface area (Å²) in [4.78, 5) is 2.46. The summed E-state index contributed by atoms with van der Waals surface area (Å²) in [6, 6.07) is 81.7. The van der Waals surface area contributed by atoms with E-state index in [1.165, 1.54) is 103 Å². The number of hydrogen-bond acceptors (Lipinski definition) is 2. The Morgan fingerprint density at radius 2 is 0.952 bits per heavy atom. The second-order valence-electron chi connectivity index (χ2n) is 16.8. The minimum Gasteiger partial charge on any atom is -0.310 e. The van der Waals surface area contributed by atoms with E-state index >= 15 is 0 Å². The van der Waals surface area contributed by atoms with Crippen LogP contribution in [0.5, 0.6) is 0 Å². The van der Waals surface area contributed by atoms with Gasteiger partial charge in [0.15, 0.2) is 0 Å². The summed E-state index contributed by atoms with van der Waals surface area (Å²) in [6.07, 6.45) is 0. The normalized spacial score (nSPS) is 13.3. The highest BCUT2D eigenvalue weighted by molar-refractivity contribution is 7.25. The molecule has 0 bridgehead atoms. The second kappa shape index (κ2) is 12.7. The largest absolute Gasteiger partial charge is 0.310 e. The van der Waals surface area contributed by atoms with Crippen LogP contribution in [0, 0.1) is 0 Å². The first-order chi connectivity index (χ1) is 30.8. The van der Waals surface area contributed by atoms with Crippen LogP contribution >= 0.6 is 11.3 Å². The maximum absolute atomic E-state index is 2.51. The molecule has 0 atom stereocenters. The fourth-order valence-electron chi connectivity index (χ4n) is 11.4. The van der Waals surface area contributed by atoms with Crippen molar-refractivity contribution in [1.29, 1.82) is 0 Å². The van der Waals surface area contributed by atoms with Gasteiger partial charge in [-0.1, -0.05) is 158 Å². The third-order valence-electron chi connectivity index (χ3n) is 13.8. The van der Waals surface area contributed by atoms with Crippen LogP contribution in [0.4, 0.5) is 17.1 Å². The Hall–Kier alpha value is -7.72. The molecule has 62 heavy (non-hydrogen) atoms. The topological polar surface area (TPSA) is 8.17 Å². The van der Waals surface area contributed by atoms with Crippen molar-refractivity contribution < 1.29 is 0 Å². The molecule has 2 aromatic heterocycles. The molecule has 3 heteroatoms. The maximum atomic E-state index is 2.51. The number of benzene rings is 10. The zero-order valence-electron chi connectivity index (χ0n) is 33.6. The lowest BCUT2D eigenvalue weighted by atomic mass is 9.61. The molecule has 0 N–H and O–H groups in total. The van der Waals surface area contributed by atoms with E-state index in [0.717, 1.165) is 17.1 Å². The van der Waals surface area contributed by atoms with Crippen LogP contribution in [-0.4, -0.2) is 4.57 Å². The van der Waals surface area contributed by atoms with Gasteiger partial charge >= 0.3 is 0 Å². The lowest BCUT2D eigenvalue weighted by molar-refractivity contribution is 0.773. The smallest absolute Gasteiger partial charge is 0.0726 e. The molecule has 1 spiro atoms. The number of para-hydroxylation sites is 2. The van der Waals surface area contributed by atoms with E-state index < -0.39 is 5.41 Å². The summed E-state index contributed by atoms with van der Waals surface area (Å²) >= 11 is 1.87. The van der Waals surface area contributed by atoms with Gasteiger partial charge in [0.1, 0.15) is 0 Å². The molecule has 12 aromatic rings. The van der Waals surface area contributed by atoms with Gasteiger partial charge in [-0.25, -0.2) is 0 Å². The van der Waals surface area contributed by atoms with Crippen molar-refractivity contribution in [3.63, 3.8) is 0 Å². The van der Waals surface area contributed by atoms with Crippen LogP contribution in [0.2, 0.25) is 0 Å². The third kappa shape index (κ3) is 4.42. The van der Waals surface area contributed by atoms with Crippen molar-refractivity contribution in [3.8, 4) is 27.9 Å². The number of rotatable bonds is 4. The maximum Gasteiger partial charge on any atom is 0.0726 e. The van der Waals surface area contributed by atoms with Crippen LogP contribution in [0.15, 0.2) is 218 Å². The standard InChI is InChI=1S/C59H36N2S/c1-2-17-38(18-3-1)60(40-32-34-45-44-21-6-10-27-52(44)61(54(45)36-40)53-28-14-30-56-58(53)47-22-7-11-29-55(47)62-56)39-31-33-43-46-23-12-15-37-16-13-26-50(57(37)46)59(51(43)35-39)48-24-8-4-19-41(48)42-20-5-9-25-49(42)59/h1-36H. The number of aromatic nitrogens is 1. The molecule has 288 valence electrons. The molecule has 2 aliphatic carbocycles. The van der Waals surface area contributed by atoms with Gasteiger partial charge in [0, 0.05) is 48.0 Å². The molecule has 0 aliphatic heterocycles. The fraction of sp³-hybridized carbons (Fsp3) is 0.0169. The molecule has 14 rings (SSSR count). The summed E-state index contributed by atoms with van der Waals surface area (Å²) in [5, 5.41) is 7.70. The molecule has 2 aliphatic rings. The van der Waals surface area contributed by atoms with Crippen molar-refractivity contribution in [2.45, 2.75) is 5.41 Å². The van der Waals surface area contributed by atoms with Crippen molar-refractivity contribution in [2.24, 2.45) is 0 Å². The average Bonchev–Trinajstić information content (AvgIpc) is 3.98. The first-order valence-corrected chi connectivity index (χ1v) is 22.2. The van der Waals surface area contributed by atoms with Crippen LogP contribution in [-0.2, 0) is 5.41 Å². The monoisotopic (exact) mass is 804 g/mol. The van der Waals surface area contributed by atoms with E-state index in [9.17, 15) is 0 Å². The van der Waals surface area contributed by atoms with Gasteiger partial charge in [-0.2, -0.15) is 0 Å². The number of nitrogens with zero attached hydrogens (tertiary/aromatic N) is 2. The Morgan fingerprint density at radius 3 is 1.79 bits per heavy atom. The molecule has 0 unspecified atom stereocenters. The molecule has 2 nitrogen and oxygen atoms in total. The Kier molecular flexibility index (Phi) is 6.95. The molecule has 0 radical (unpaired) electrons. The summed E-state index contributed by atoms with van der Waals surface area (Å²) in [6.45, 7) is 0. The molecular formula is C59H36N2S. The van der Waals surface area contributed by atoms with Crippen molar-refractivity contribution in [2.75, 3.05) is 4.90 Å². The molecule has 0 saturated carbocycles. The first-order valence-electron chi connectivity index (χ1n) is 21.4. The predicted octanol–water partition coefficient (Wildman–Crippen LogP) is 16.1. The summed E-state index contributed by atoms with van der Waals surface area (Å²) < 4.78 is 5.11. The summed E-state index contributed by atoms with van der Waals surface area (Å²) in [5.74, 6) is 0. The summed E-state index contributed by atoms with van der Waals surface area (Å²) in [7, 11) is 0. The highest BCUT2D eigenvalue weighted by Crippen LogP contribution is 2.62. The van der Waals surface area contributed by atoms with Gasteiger partial charge in [-0.15, -0.1) is 11.3 Å². The van der Waals surface area contributed by atoms with Crippen LogP contribution in [0.3, 0.4) is 0 Å². The minimum atomic E-state index is -0.507. The molecule has 0 fully saturated rings. The molecule has 0 amide bonds. The highest BCUT2D eigenvalue weighted by atomic mass is 32.1. The Balaban J connectivity index is 1.06. The third-order valence-corrected chi connectivity index (χ3v) is 14.9. The zero-order valence-corrected chi connectivity index (χ0v) is 34.4. The Labute approximate surface area is 362 Å². The number of fused-ring (bicyclic) bond motifs is 15. The first kappa shape index (κ1) is 34.0. The second-order valence-corrected chi connectivity index (χ2v) is 17.8. The minimum absolute atomic E-state index is 0.507. The van der Waals surface area contributed by atoms with Gasteiger partial charge in [0.25, 0.3) is 0 Å². The van der Waals surface area contributed by atoms with Gasteiger partial charge in [-0.05, 0) is 116 Å². The number of hydrogen-bond donors (Lipinski definition) is 0.